The highest BCUT2D eigenvalue weighted by Crippen LogP contribution is 2.32. The van der Waals surface area contributed by atoms with Crippen molar-refractivity contribution in [2.75, 3.05) is 19.4 Å². The molecule has 110 valence electrons. The molecule has 1 heterocycles. The molecule has 0 radical (unpaired) electrons. The lowest BCUT2D eigenvalue weighted by molar-refractivity contribution is -0.142. The SMILES string of the molecule is CCOC(=O)c1c(N)sc(C(=O)NC)c1COC(C)=O. The van der Waals surface area contributed by atoms with E-state index < -0.39 is 17.8 Å². The van der Waals surface area contributed by atoms with Crippen LogP contribution in [0.4, 0.5) is 5.00 Å². The zero-order valence-electron chi connectivity index (χ0n) is 11.4. The van der Waals surface area contributed by atoms with Crippen LogP contribution in [-0.4, -0.2) is 31.5 Å². The van der Waals surface area contributed by atoms with Gasteiger partial charge in [0, 0.05) is 19.5 Å². The monoisotopic (exact) mass is 300 g/mol. The molecular weight excluding hydrogens is 284 g/mol. The minimum absolute atomic E-state index is 0.0803. The van der Waals surface area contributed by atoms with Gasteiger partial charge in [0.25, 0.3) is 5.91 Å². The number of rotatable bonds is 5. The van der Waals surface area contributed by atoms with Gasteiger partial charge < -0.3 is 20.5 Å². The van der Waals surface area contributed by atoms with Gasteiger partial charge >= 0.3 is 11.9 Å². The van der Waals surface area contributed by atoms with Gasteiger partial charge in [0.05, 0.1) is 6.61 Å². The van der Waals surface area contributed by atoms with E-state index in [0.717, 1.165) is 11.3 Å². The average molecular weight is 300 g/mol. The van der Waals surface area contributed by atoms with Crippen molar-refractivity contribution in [3.8, 4) is 0 Å². The lowest BCUT2D eigenvalue weighted by atomic mass is 10.1. The van der Waals surface area contributed by atoms with Crippen LogP contribution in [0.5, 0.6) is 0 Å². The van der Waals surface area contributed by atoms with Crippen LogP contribution in [0.1, 0.15) is 39.4 Å². The van der Waals surface area contributed by atoms with Crippen molar-refractivity contribution >= 4 is 34.2 Å². The molecule has 20 heavy (non-hydrogen) atoms. The normalized spacial score (nSPS) is 9.95. The van der Waals surface area contributed by atoms with Gasteiger partial charge in [-0.15, -0.1) is 11.3 Å². The summed E-state index contributed by atoms with van der Waals surface area (Å²) in [5.74, 6) is -1.56. The summed E-state index contributed by atoms with van der Waals surface area (Å²) in [4.78, 5) is 34.8. The van der Waals surface area contributed by atoms with Gasteiger partial charge in [-0.1, -0.05) is 0 Å². The van der Waals surface area contributed by atoms with Crippen LogP contribution in [0.15, 0.2) is 0 Å². The van der Waals surface area contributed by atoms with Gasteiger partial charge in [-0.05, 0) is 6.92 Å². The number of carbonyl (C=O) groups is 3. The Morgan fingerprint density at radius 3 is 2.45 bits per heavy atom. The second-order valence-electron chi connectivity index (χ2n) is 3.73. The predicted molar refractivity (Wildman–Crippen MR) is 73.5 cm³/mol. The fourth-order valence-corrected chi connectivity index (χ4v) is 2.53. The number of ether oxygens (including phenoxy) is 2. The van der Waals surface area contributed by atoms with Crippen LogP contribution < -0.4 is 11.1 Å². The number of thiophene rings is 1. The van der Waals surface area contributed by atoms with Gasteiger partial charge in [-0.25, -0.2) is 4.79 Å². The molecule has 3 N–H and O–H groups in total. The summed E-state index contributed by atoms with van der Waals surface area (Å²) in [6.07, 6.45) is 0. The Hall–Kier alpha value is -2.09. The van der Waals surface area contributed by atoms with Gasteiger partial charge in [0.15, 0.2) is 0 Å². The third-order valence-electron chi connectivity index (χ3n) is 2.37. The minimum atomic E-state index is -0.640. The van der Waals surface area contributed by atoms with Crippen molar-refractivity contribution in [3.05, 3.63) is 16.0 Å². The maximum absolute atomic E-state index is 11.9. The van der Waals surface area contributed by atoms with Crippen LogP contribution in [-0.2, 0) is 20.9 Å². The number of nitrogen functional groups attached to an aromatic ring is 1. The Bertz CT molecular complexity index is 538. The first-order valence-electron chi connectivity index (χ1n) is 5.86. The van der Waals surface area contributed by atoms with Crippen LogP contribution in [0.3, 0.4) is 0 Å². The van der Waals surface area contributed by atoms with Crippen molar-refractivity contribution < 1.29 is 23.9 Å². The molecule has 1 aromatic rings. The Kier molecular flexibility index (Phi) is 5.51. The first-order chi connectivity index (χ1) is 9.42. The van der Waals surface area contributed by atoms with Gasteiger partial charge in [0.1, 0.15) is 22.0 Å². The van der Waals surface area contributed by atoms with E-state index in [2.05, 4.69) is 5.32 Å². The lowest BCUT2D eigenvalue weighted by Crippen LogP contribution is -2.19. The fraction of sp³-hybridized carbons (Fsp3) is 0.417. The highest BCUT2D eigenvalue weighted by atomic mass is 32.1. The number of esters is 2. The molecule has 0 aromatic carbocycles. The standard InChI is InChI=1S/C12H16N2O5S/c1-4-18-12(17)8-7(5-19-6(2)15)9(11(16)14-3)20-10(8)13/h4-5,13H2,1-3H3,(H,14,16). The van der Waals surface area contributed by atoms with E-state index in [9.17, 15) is 14.4 Å². The molecule has 0 aliphatic carbocycles. The van der Waals surface area contributed by atoms with E-state index >= 15 is 0 Å². The predicted octanol–water partition coefficient (Wildman–Crippen LogP) is 0.930. The summed E-state index contributed by atoms with van der Waals surface area (Å²) in [6.45, 7) is 2.86. The zero-order valence-corrected chi connectivity index (χ0v) is 12.3. The van der Waals surface area contributed by atoms with E-state index in [1.54, 1.807) is 6.92 Å². The fourth-order valence-electron chi connectivity index (χ4n) is 1.52. The molecule has 0 aliphatic rings. The number of amides is 1. The van der Waals surface area contributed by atoms with Crippen molar-refractivity contribution in [2.24, 2.45) is 0 Å². The summed E-state index contributed by atoms with van der Waals surface area (Å²) in [5, 5.41) is 2.60. The van der Waals surface area contributed by atoms with E-state index in [1.165, 1.54) is 14.0 Å². The maximum Gasteiger partial charge on any atom is 0.341 e. The molecular formula is C12H16N2O5S. The highest BCUT2D eigenvalue weighted by molar-refractivity contribution is 7.18. The molecule has 0 saturated carbocycles. The summed E-state index contributed by atoms with van der Waals surface area (Å²) < 4.78 is 9.77. The van der Waals surface area contributed by atoms with Crippen LogP contribution in [0.2, 0.25) is 0 Å². The Morgan fingerprint density at radius 1 is 1.30 bits per heavy atom. The number of anilines is 1. The molecule has 8 heteroatoms. The molecule has 0 bridgehead atoms. The summed E-state index contributed by atoms with van der Waals surface area (Å²) in [6, 6.07) is 0. The van der Waals surface area contributed by atoms with Crippen molar-refractivity contribution in [2.45, 2.75) is 20.5 Å². The molecule has 0 unspecified atom stereocenters. The molecule has 0 spiro atoms. The van der Waals surface area contributed by atoms with Gasteiger partial charge in [0.2, 0.25) is 0 Å². The summed E-state index contributed by atoms with van der Waals surface area (Å²) in [7, 11) is 1.46. The molecule has 0 fully saturated rings. The topological polar surface area (TPSA) is 108 Å². The van der Waals surface area contributed by atoms with E-state index in [-0.39, 0.29) is 34.2 Å². The molecule has 0 aliphatic heterocycles. The number of hydrogen-bond donors (Lipinski definition) is 2. The quantitative estimate of drug-likeness (QED) is 0.783. The highest BCUT2D eigenvalue weighted by Gasteiger charge is 2.27. The second-order valence-corrected chi connectivity index (χ2v) is 4.78. The molecule has 1 aromatic heterocycles. The van der Waals surface area contributed by atoms with E-state index in [4.69, 9.17) is 15.2 Å². The molecule has 1 amide bonds. The number of nitrogens with two attached hydrogens (primary N) is 1. The third-order valence-corrected chi connectivity index (χ3v) is 3.43. The zero-order chi connectivity index (χ0) is 15.3. The van der Waals surface area contributed by atoms with E-state index in [0.29, 0.717) is 0 Å². The molecule has 1 rings (SSSR count). The van der Waals surface area contributed by atoms with Gasteiger partial charge in [-0.3, -0.25) is 9.59 Å². The lowest BCUT2D eigenvalue weighted by Gasteiger charge is -2.07. The van der Waals surface area contributed by atoms with Crippen LogP contribution >= 0.6 is 11.3 Å². The third kappa shape index (κ3) is 3.47. The van der Waals surface area contributed by atoms with Crippen LogP contribution in [0, 0.1) is 0 Å². The Labute approximate surface area is 120 Å². The van der Waals surface area contributed by atoms with Gasteiger partial charge in [-0.2, -0.15) is 0 Å². The molecule has 7 nitrogen and oxygen atoms in total. The minimum Gasteiger partial charge on any atom is -0.462 e. The Balaban J connectivity index is 3.26. The molecule has 0 atom stereocenters. The van der Waals surface area contributed by atoms with E-state index in [1.807, 2.05) is 0 Å². The largest absolute Gasteiger partial charge is 0.462 e. The summed E-state index contributed by atoms with van der Waals surface area (Å²) in [5.41, 5.74) is 6.11. The Morgan fingerprint density at radius 2 is 1.95 bits per heavy atom. The number of carbonyl (C=O) groups excluding carboxylic acids is 3. The van der Waals surface area contributed by atoms with Crippen molar-refractivity contribution in [1.29, 1.82) is 0 Å². The maximum atomic E-state index is 11.9. The molecule has 0 saturated heterocycles. The van der Waals surface area contributed by atoms with Crippen molar-refractivity contribution in [3.63, 3.8) is 0 Å². The van der Waals surface area contributed by atoms with Crippen LogP contribution in [0.25, 0.3) is 0 Å². The number of nitrogens with one attached hydrogen (secondary N) is 1. The first-order valence-corrected chi connectivity index (χ1v) is 6.67. The average Bonchev–Trinajstić information content (AvgIpc) is 2.72. The summed E-state index contributed by atoms with van der Waals surface area (Å²) >= 11 is 0.953. The second kappa shape index (κ2) is 6.90. The first kappa shape index (κ1) is 16.0. The smallest absolute Gasteiger partial charge is 0.341 e. The van der Waals surface area contributed by atoms with Crippen molar-refractivity contribution in [1.82, 2.24) is 5.32 Å². The number of hydrogen-bond acceptors (Lipinski definition) is 7.